The van der Waals surface area contributed by atoms with Gasteiger partial charge in [-0.1, -0.05) is 70.7 Å². The standard InChI is InChI=1S/C14H10Cl4O4S/c15-12-5-1-10(2-6-12)11-3-7-13(8-4-11)22-23(19,20)21-9-14(16,17)18/h1-8H,9H2. The Bertz CT molecular complexity index is 753. The molecule has 0 aliphatic rings. The smallest absolute Gasteiger partial charge is 0.362 e. The molecule has 23 heavy (non-hydrogen) atoms. The molecule has 2 aromatic rings. The Hall–Kier alpha value is -0.690. The maximum absolute atomic E-state index is 11.6. The molecule has 4 nitrogen and oxygen atoms in total. The number of hydrogen-bond acceptors (Lipinski definition) is 4. The molecule has 124 valence electrons. The summed E-state index contributed by atoms with van der Waals surface area (Å²) in [7, 11) is -4.32. The van der Waals surface area contributed by atoms with Crippen molar-refractivity contribution in [1.29, 1.82) is 0 Å². The molecule has 0 radical (unpaired) electrons. The molecule has 0 unspecified atom stereocenters. The highest BCUT2D eigenvalue weighted by atomic mass is 35.6. The van der Waals surface area contributed by atoms with Crippen LogP contribution in [-0.2, 0) is 14.6 Å². The van der Waals surface area contributed by atoms with Crippen LogP contribution in [0.2, 0.25) is 5.02 Å². The fourth-order valence-electron chi connectivity index (χ4n) is 1.63. The first-order valence-corrected chi connectivity index (χ1v) is 9.01. The molecule has 0 spiro atoms. The minimum atomic E-state index is -4.32. The number of rotatable bonds is 5. The minimum Gasteiger partial charge on any atom is -0.362 e. The zero-order chi connectivity index (χ0) is 17.1. The molecule has 0 bridgehead atoms. The highest BCUT2D eigenvalue weighted by molar-refractivity contribution is 7.82. The third-order valence-electron chi connectivity index (χ3n) is 2.60. The molecule has 0 aliphatic carbocycles. The highest BCUT2D eigenvalue weighted by Gasteiger charge is 2.25. The van der Waals surface area contributed by atoms with E-state index in [4.69, 9.17) is 50.6 Å². The van der Waals surface area contributed by atoms with Crippen molar-refractivity contribution in [2.45, 2.75) is 3.79 Å². The lowest BCUT2D eigenvalue weighted by Gasteiger charge is -2.11. The second-order valence-electron chi connectivity index (χ2n) is 4.40. The molecule has 2 aromatic carbocycles. The second-order valence-corrected chi connectivity index (χ2v) is 8.57. The molecule has 0 aliphatic heterocycles. The summed E-state index contributed by atoms with van der Waals surface area (Å²) >= 11 is 22.1. The molecule has 0 aromatic heterocycles. The van der Waals surface area contributed by atoms with Crippen LogP contribution in [0.1, 0.15) is 0 Å². The van der Waals surface area contributed by atoms with Crippen molar-refractivity contribution in [3.8, 4) is 16.9 Å². The molecule has 0 heterocycles. The summed E-state index contributed by atoms with van der Waals surface area (Å²) in [6.07, 6.45) is 0. The van der Waals surface area contributed by atoms with Gasteiger partial charge in [0.05, 0.1) is 0 Å². The van der Waals surface area contributed by atoms with E-state index >= 15 is 0 Å². The fourth-order valence-corrected chi connectivity index (χ4v) is 2.83. The Morgan fingerprint density at radius 1 is 0.870 bits per heavy atom. The third-order valence-corrected chi connectivity index (χ3v) is 3.98. The van der Waals surface area contributed by atoms with Crippen molar-refractivity contribution in [3.63, 3.8) is 0 Å². The van der Waals surface area contributed by atoms with Crippen molar-refractivity contribution in [2.24, 2.45) is 0 Å². The SMILES string of the molecule is O=S(=O)(OCC(Cl)(Cl)Cl)Oc1ccc(-c2ccc(Cl)cc2)cc1. The van der Waals surface area contributed by atoms with Gasteiger partial charge >= 0.3 is 10.4 Å². The molecular formula is C14H10Cl4O4S. The summed E-state index contributed by atoms with van der Waals surface area (Å²) in [5.74, 6) is 0.0760. The summed E-state index contributed by atoms with van der Waals surface area (Å²) in [5, 5.41) is 0.630. The van der Waals surface area contributed by atoms with Gasteiger partial charge in [0.25, 0.3) is 0 Å². The van der Waals surface area contributed by atoms with E-state index in [1.807, 2.05) is 12.1 Å². The van der Waals surface area contributed by atoms with Crippen LogP contribution in [0, 0.1) is 0 Å². The van der Waals surface area contributed by atoms with E-state index in [9.17, 15) is 8.42 Å². The van der Waals surface area contributed by atoms with Crippen LogP contribution in [0.5, 0.6) is 5.75 Å². The first kappa shape index (κ1) is 18.6. The second kappa shape index (κ2) is 7.47. The summed E-state index contributed by atoms with van der Waals surface area (Å²) in [5.41, 5.74) is 1.80. The Kier molecular flexibility index (Phi) is 6.05. The summed E-state index contributed by atoms with van der Waals surface area (Å²) in [4.78, 5) is 0. The van der Waals surface area contributed by atoms with Crippen LogP contribution in [0.25, 0.3) is 11.1 Å². The van der Waals surface area contributed by atoms with Crippen molar-refractivity contribution in [1.82, 2.24) is 0 Å². The number of halogens is 4. The number of hydrogen-bond donors (Lipinski definition) is 0. The van der Waals surface area contributed by atoms with E-state index in [1.54, 1.807) is 24.3 Å². The molecule has 9 heteroatoms. The predicted octanol–water partition coefficient (Wildman–Crippen LogP) is 5.02. The first-order chi connectivity index (χ1) is 10.6. The van der Waals surface area contributed by atoms with Gasteiger partial charge in [-0.3, -0.25) is 0 Å². The molecular weight excluding hydrogens is 406 g/mol. The first-order valence-electron chi connectivity index (χ1n) is 6.16. The number of benzene rings is 2. The van der Waals surface area contributed by atoms with Gasteiger partial charge in [-0.2, -0.15) is 8.42 Å². The molecule has 0 saturated carbocycles. The Morgan fingerprint density at radius 3 is 1.83 bits per heavy atom. The van der Waals surface area contributed by atoms with Crippen LogP contribution in [0.4, 0.5) is 0 Å². The van der Waals surface area contributed by atoms with Crippen molar-refractivity contribution in [3.05, 3.63) is 53.6 Å². The summed E-state index contributed by atoms with van der Waals surface area (Å²) < 4.78 is 30.6. The van der Waals surface area contributed by atoms with Crippen LogP contribution in [0.3, 0.4) is 0 Å². The summed E-state index contributed by atoms with van der Waals surface area (Å²) in [6.45, 7) is -0.650. The normalized spacial score (nSPS) is 12.2. The molecule has 0 fully saturated rings. The van der Waals surface area contributed by atoms with E-state index < -0.39 is 20.8 Å². The molecule has 0 atom stereocenters. The lowest BCUT2D eigenvalue weighted by atomic mass is 10.1. The van der Waals surface area contributed by atoms with E-state index in [1.165, 1.54) is 12.1 Å². The maximum atomic E-state index is 11.6. The van der Waals surface area contributed by atoms with Gasteiger partial charge in [-0.25, -0.2) is 4.18 Å². The van der Waals surface area contributed by atoms with E-state index in [0.29, 0.717) is 5.02 Å². The number of alkyl halides is 3. The van der Waals surface area contributed by atoms with Gasteiger partial charge in [0.1, 0.15) is 12.4 Å². The Labute approximate surface area is 154 Å². The largest absolute Gasteiger partial charge is 0.449 e. The van der Waals surface area contributed by atoms with E-state index in [0.717, 1.165) is 11.1 Å². The van der Waals surface area contributed by atoms with Gasteiger partial charge < -0.3 is 4.18 Å². The van der Waals surface area contributed by atoms with Crippen molar-refractivity contribution >= 4 is 56.8 Å². The molecule has 0 amide bonds. The third kappa shape index (κ3) is 6.37. The van der Waals surface area contributed by atoms with Crippen molar-refractivity contribution < 1.29 is 16.8 Å². The van der Waals surface area contributed by atoms with Gasteiger partial charge in [0.2, 0.25) is 3.79 Å². The van der Waals surface area contributed by atoms with Gasteiger partial charge in [-0.15, -0.1) is 0 Å². The monoisotopic (exact) mass is 414 g/mol. The van der Waals surface area contributed by atoms with Gasteiger partial charge in [-0.05, 0) is 35.4 Å². The minimum absolute atomic E-state index is 0.0760. The Morgan fingerprint density at radius 2 is 1.35 bits per heavy atom. The lowest BCUT2D eigenvalue weighted by Crippen LogP contribution is -2.21. The highest BCUT2D eigenvalue weighted by Crippen LogP contribution is 2.28. The average molecular weight is 416 g/mol. The van der Waals surface area contributed by atoms with E-state index in [-0.39, 0.29) is 5.75 Å². The lowest BCUT2D eigenvalue weighted by molar-refractivity contribution is 0.279. The average Bonchev–Trinajstić information content (AvgIpc) is 2.46. The molecule has 0 saturated heterocycles. The quantitative estimate of drug-likeness (QED) is 0.643. The zero-order valence-corrected chi connectivity index (χ0v) is 15.2. The van der Waals surface area contributed by atoms with Crippen LogP contribution >= 0.6 is 46.4 Å². The van der Waals surface area contributed by atoms with Crippen molar-refractivity contribution in [2.75, 3.05) is 6.61 Å². The van der Waals surface area contributed by atoms with Gasteiger partial charge in [0, 0.05) is 5.02 Å². The molecule has 2 rings (SSSR count). The zero-order valence-electron chi connectivity index (χ0n) is 11.4. The summed E-state index contributed by atoms with van der Waals surface area (Å²) in [6, 6.07) is 13.6. The van der Waals surface area contributed by atoms with Crippen LogP contribution in [-0.4, -0.2) is 18.8 Å². The topological polar surface area (TPSA) is 52.6 Å². The Balaban J connectivity index is 2.06. The molecule has 0 N–H and O–H groups in total. The fraction of sp³-hybridized carbons (Fsp3) is 0.143. The predicted molar refractivity (Wildman–Crippen MR) is 92.7 cm³/mol. The van der Waals surface area contributed by atoms with Crippen LogP contribution < -0.4 is 4.18 Å². The van der Waals surface area contributed by atoms with Gasteiger partial charge in [0.15, 0.2) is 0 Å². The van der Waals surface area contributed by atoms with E-state index in [2.05, 4.69) is 4.18 Å². The van der Waals surface area contributed by atoms with Crippen LogP contribution in [0.15, 0.2) is 48.5 Å². The maximum Gasteiger partial charge on any atom is 0.449 e.